The number of aryl methyl sites for hydroxylation is 2. The maximum Gasteiger partial charge on any atom is 0.182 e. The lowest BCUT2D eigenvalue weighted by molar-refractivity contribution is 0.924. The van der Waals surface area contributed by atoms with Gasteiger partial charge in [0.05, 0.1) is 23.0 Å². The van der Waals surface area contributed by atoms with Crippen molar-refractivity contribution in [2.45, 2.75) is 13.8 Å². The van der Waals surface area contributed by atoms with Crippen molar-refractivity contribution in [2.75, 3.05) is 5.73 Å². The monoisotopic (exact) mass is 239 g/mol. The Kier molecular flexibility index (Phi) is 2.90. The highest BCUT2D eigenvalue weighted by Crippen LogP contribution is 2.21. The lowest BCUT2D eigenvalue weighted by Gasteiger charge is -2.16. The Balaban J connectivity index is 2.71. The van der Waals surface area contributed by atoms with Crippen LogP contribution in [0.4, 0.5) is 5.69 Å². The van der Waals surface area contributed by atoms with Gasteiger partial charge in [-0.15, -0.1) is 0 Å². The second-order valence-corrected chi connectivity index (χ2v) is 4.19. The van der Waals surface area contributed by atoms with E-state index in [-0.39, 0.29) is 5.43 Å². The van der Waals surface area contributed by atoms with E-state index >= 15 is 0 Å². The summed E-state index contributed by atoms with van der Waals surface area (Å²) < 4.78 is 1.90. The molecule has 2 aromatic rings. The van der Waals surface area contributed by atoms with Crippen LogP contribution < -0.4 is 11.2 Å². The second kappa shape index (κ2) is 4.38. The number of anilines is 1. The van der Waals surface area contributed by atoms with Crippen LogP contribution in [0.5, 0.6) is 0 Å². The van der Waals surface area contributed by atoms with Crippen molar-refractivity contribution < 1.29 is 0 Å². The highest BCUT2D eigenvalue weighted by atomic mass is 16.1. The van der Waals surface area contributed by atoms with E-state index in [0.717, 1.165) is 17.1 Å². The molecule has 0 unspecified atom stereocenters. The van der Waals surface area contributed by atoms with Gasteiger partial charge in [0.1, 0.15) is 0 Å². The molecule has 0 fully saturated rings. The van der Waals surface area contributed by atoms with Crippen LogP contribution in [0.1, 0.15) is 17.0 Å². The number of rotatable bonds is 1. The van der Waals surface area contributed by atoms with Crippen molar-refractivity contribution in [3.63, 3.8) is 0 Å². The number of nitrogens with two attached hydrogens (primary N) is 1. The average Bonchev–Trinajstić information content (AvgIpc) is 2.29. The zero-order valence-corrected chi connectivity index (χ0v) is 10.3. The molecule has 0 saturated carbocycles. The smallest absolute Gasteiger partial charge is 0.182 e. The van der Waals surface area contributed by atoms with Gasteiger partial charge in [0.15, 0.2) is 5.43 Å². The molecule has 2 rings (SSSR count). The first kappa shape index (κ1) is 11.9. The van der Waals surface area contributed by atoms with Gasteiger partial charge >= 0.3 is 0 Å². The van der Waals surface area contributed by atoms with Crippen LogP contribution >= 0.6 is 0 Å². The molecule has 0 aliphatic heterocycles. The standard InChI is InChI=1S/C14H13N3O/c1-9-5-12(18)6-10(2)17(9)14-4-3-11(8-15)7-13(14)16/h3-7H,16H2,1-2H3. The fraction of sp³-hybridized carbons (Fsp3) is 0.143. The summed E-state index contributed by atoms with van der Waals surface area (Å²) in [5.41, 5.74) is 9.39. The van der Waals surface area contributed by atoms with Gasteiger partial charge in [-0.3, -0.25) is 4.79 Å². The summed E-state index contributed by atoms with van der Waals surface area (Å²) in [6.45, 7) is 3.71. The number of hydrogen-bond donors (Lipinski definition) is 1. The third-order valence-electron chi connectivity index (χ3n) is 2.81. The van der Waals surface area contributed by atoms with Gasteiger partial charge in [-0.25, -0.2) is 0 Å². The maximum atomic E-state index is 11.4. The molecule has 4 heteroatoms. The molecule has 0 aliphatic carbocycles. The van der Waals surface area contributed by atoms with Crippen molar-refractivity contribution >= 4 is 5.69 Å². The van der Waals surface area contributed by atoms with Crippen LogP contribution in [0, 0.1) is 25.2 Å². The summed E-state index contributed by atoms with van der Waals surface area (Å²) in [6, 6.07) is 10.3. The lowest BCUT2D eigenvalue weighted by Crippen LogP contribution is -2.12. The van der Waals surface area contributed by atoms with E-state index in [4.69, 9.17) is 11.0 Å². The van der Waals surface area contributed by atoms with Gasteiger partial charge in [0, 0.05) is 23.5 Å². The van der Waals surface area contributed by atoms with Gasteiger partial charge < -0.3 is 10.3 Å². The van der Waals surface area contributed by atoms with E-state index < -0.39 is 0 Å². The third kappa shape index (κ3) is 1.98. The zero-order chi connectivity index (χ0) is 13.3. The third-order valence-corrected chi connectivity index (χ3v) is 2.81. The normalized spacial score (nSPS) is 10.1. The fourth-order valence-corrected chi connectivity index (χ4v) is 2.07. The minimum atomic E-state index is -0.0199. The largest absolute Gasteiger partial charge is 0.397 e. The van der Waals surface area contributed by atoms with Gasteiger partial charge in [0.25, 0.3) is 0 Å². The molecule has 1 heterocycles. The van der Waals surface area contributed by atoms with Gasteiger partial charge in [0.2, 0.25) is 0 Å². The molecule has 0 amide bonds. The highest BCUT2D eigenvalue weighted by molar-refractivity contribution is 5.62. The predicted molar refractivity (Wildman–Crippen MR) is 70.6 cm³/mol. The molecule has 90 valence electrons. The quantitative estimate of drug-likeness (QED) is 0.772. The molecular formula is C14H13N3O. The molecule has 1 aromatic heterocycles. The van der Waals surface area contributed by atoms with Gasteiger partial charge in [-0.2, -0.15) is 5.26 Å². The maximum absolute atomic E-state index is 11.4. The number of nitriles is 1. The minimum absolute atomic E-state index is 0.0199. The summed E-state index contributed by atoms with van der Waals surface area (Å²) in [5.74, 6) is 0. The molecule has 0 atom stereocenters. The van der Waals surface area contributed by atoms with E-state index in [9.17, 15) is 4.79 Å². The molecule has 0 aliphatic rings. The van der Waals surface area contributed by atoms with Crippen molar-refractivity contribution in [3.8, 4) is 11.8 Å². The Morgan fingerprint density at radius 3 is 2.28 bits per heavy atom. The SMILES string of the molecule is Cc1cc(=O)cc(C)n1-c1ccc(C#N)cc1N. The Labute approximate surface area is 105 Å². The van der Waals surface area contributed by atoms with Gasteiger partial charge in [-0.1, -0.05) is 0 Å². The van der Waals surface area contributed by atoms with Crippen molar-refractivity contribution in [1.82, 2.24) is 4.57 Å². The van der Waals surface area contributed by atoms with E-state index in [1.165, 1.54) is 0 Å². The Hall–Kier alpha value is -2.54. The van der Waals surface area contributed by atoms with Crippen molar-refractivity contribution in [1.29, 1.82) is 5.26 Å². The van der Waals surface area contributed by atoms with Crippen LogP contribution in [-0.4, -0.2) is 4.57 Å². The molecule has 18 heavy (non-hydrogen) atoms. The summed E-state index contributed by atoms with van der Waals surface area (Å²) in [7, 11) is 0. The van der Waals surface area contributed by atoms with Crippen LogP contribution in [-0.2, 0) is 0 Å². The van der Waals surface area contributed by atoms with Crippen molar-refractivity contribution in [3.05, 3.63) is 57.5 Å². The van der Waals surface area contributed by atoms with Gasteiger partial charge in [-0.05, 0) is 32.0 Å². The number of nitrogens with zero attached hydrogens (tertiary/aromatic N) is 2. The van der Waals surface area contributed by atoms with E-state index in [2.05, 4.69) is 0 Å². The lowest BCUT2D eigenvalue weighted by atomic mass is 10.1. The summed E-state index contributed by atoms with van der Waals surface area (Å²) in [6.07, 6.45) is 0. The summed E-state index contributed by atoms with van der Waals surface area (Å²) >= 11 is 0. The topological polar surface area (TPSA) is 71.8 Å². The summed E-state index contributed by atoms with van der Waals surface area (Å²) in [5, 5.41) is 8.82. The number of aromatic nitrogens is 1. The number of hydrogen-bond acceptors (Lipinski definition) is 3. The highest BCUT2D eigenvalue weighted by Gasteiger charge is 2.07. The van der Waals surface area contributed by atoms with Crippen molar-refractivity contribution in [2.24, 2.45) is 0 Å². The number of nitrogen functional groups attached to an aromatic ring is 1. The molecular weight excluding hydrogens is 226 g/mol. The van der Waals surface area contributed by atoms with Crippen LogP contribution in [0.2, 0.25) is 0 Å². The molecule has 0 saturated heterocycles. The number of pyridine rings is 1. The first-order chi connectivity index (χ1) is 8.52. The second-order valence-electron chi connectivity index (χ2n) is 4.19. The molecule has 4 nitrogen and oxygen atoms in total. The first-order valence-electron chi connectivity index (χ1n) is 5.53. The molecule has 1 aromatic carbocycles. The fourth-order valence-electron chi connectivity index (χ4n) is 2.07. The summed E-state index contributed by atoms with van der Waals surface area (Å²) in [4.78, 5) is 11.4. The molecule has 0 spiro atoms. The van der Waals surface area contributed by atoms with Crippen LogP contribution in [0.15, 0.2) is 35.1 Å². The van der Waals surface area contributed by atoms with Crippen LogP contribution in [0.25, 0.3) is 5.69 Å². The predicted octanol–water partition coefficient (Wildman–Crippen LogP) is 1.91. The Bertz CT molecular complexity index is 682. The molecule has 0 radical (unpaired) electrons. The molecule has 2 N–H and O–H groups in total. The Morgan fingerprint density at radius 2 is 1.78 bits per heavy atom. The first-order valence-corrected chi connectivity index (χ1v) is 5.53. The average molecular weight is 239 g/mol. The Morgan fingerprint density at radius 1 is 1.17 bits per heavy atom. The zero-order valence-electron chi connectivity index (χ0n) is 10.3. The number of benzene rings is 1. The van der Waals surface area contributed by atoms with E-state index in [1.807, 2.05) is 24.5 Å². The minimum Gasteiger partial charge on any atom is -0.397 e. The molecule has 0 bridgehead atoms. The van der Waals surface area contributed by atoms with E-state index in [1.54, 1.807) is 30.3 Å². The van der Waals surface area contributed by atoms with Crippen LogP contribution in [0.3, 0.4) is 0 Å². The van der Waals surface area contributed by atoms with E-state index in [0.29, 0.717) is 11.3 Å².